The highest BCUT2D eigenvalue weighted by Gasteiger charge is 2.17. The van der Waals surface area contributed by atoms with Crippen molar-refractivity contribution in [3.8, 4) is 0 Å². The molecule has 98 valence electrons. The molecule has 4 heteroatoms. The predicted molar refractivity (Wildman–Crippen MR) is 71.6 cm³/mol. The molecule has 0 aromatic heterocycles. The molecule has 0 saturated heterocycles. The van der Waals surface area contributed by atoms with Crippen molar-refractivity contribution < 1.29 is 14.3 Å². The van der Waals surface area contributed by atoms with Crippen LogP contribution in [0.4, 0.5) is 10.1 Å². The summed E-state index contributed by atoms with van der Waals surface area (Å²) in [4.78, 5) is 11.2. The molecule has 0 heterocycles. The zero-order chi connectivity index (χ0) is 13.7. The van der Waals surface area contributed by atoms with E-state index in [1.54, 1.807) is 0 Å². The van der Waals surface area contributed by atoms with Gasteiger partial charge in [-0.2, -0.15) is 0 Å². The normalized spacial score (nSPS) is 11.8. The molecule has 0 spiro atoms. The molecular formula is C15H14FNO2. The molecule has 2 rings (SSSR count). The summed E-state index contributed by atoms with van der Waals surface area (Å²) in [7, 11) is 0. The van der Waals surface area contributed by atoms with Gasteiger partial charge in [-0.25, -0.2) is 9.18 Å². The summed E-state index contributed by atoms with van der Waals surface area (Å²) in [5.74, 6) is -1.28. The second-order valence-corrected chi connectivity index (χ2v) is 4.23. The second-order valence-electron chi connectivity index (χ2n) is 4.23. The third-order valence-electron chi connectivity index (χ3n) is 2.77. The van der Waals surface area contributed by atoms with Crippen LogP contribution in [0.1, 0.15) is 5.56 Å². The second kappa shape index (κ2) is 6.00. The first-order valence-electron chi connectivity index (χ1n) is 5.94. The van der Waals surface area contributed by atoms with E-state index in [1.165, 1.54) is 24.3 Å². The number of anilines is 1. The quantitative estimate of drug-likeness (QED) is 0.868. The van der Waals surface area contributed by atoms with Crippen molar-refractivity contribution in [1.82, 2.24) is 0 Å². The summed E-state index contributed by atoms with van der Waals surface area (Å²) in [6.07, 6.45) is 0.369. The number of rotatable bonds is 5. The van der Waals surface area contributed by atoms with E-state index >= 15 is 0 Å². The fourth-order valence-corrected chi connectivity index (χ4v) is 1.80. The van der Waals surface area contributed by atoms with Crippen LogP contribution in [-0.4, -0.2) is 17.1 Å². The molecule has 0 radical (unpaired) electrons. The average molecular weight is 259 g/mol. The molecule has 0 fully saturated rings. The van der Waals surface area contributed by atoms with Crippen LogP contribution in [-0.2, 0) is 11.2 Å². The molecule has 0 aliphatic rings. The highest BCUT2D eigenvalue weighted by molar-refractivity contribution is 5.77. The van der Waals surface area contributed by atoms with Crippen LogP contribution in [0.2, 0.25) is 0 Å². The van der Waals surface area contributed by atoms with Gasteiger partial charge in [0, 0.05) is 12.1 Å². The van der Waals surface area contributed by atoms with Crippen LogP contribution in [0.3, 0.4) is 0 Å². The van der Waals surface area contributed by atoms with E-state index in [1.807, 2.05) is 30.3 Å². The Hall–Kier alpha value is -2.36. The standard InChI is InChI=1S/C15H14FNO2/c16-12-6-8-13(9-7-12)17-14(15(18)19)10-11-4-2-1-3-5-11/h1-9,14,17H,10H2,(H,18,19)/t14-/m0/s1. The number of carboxylic acids is 1. The summed E-state index contributed by atoms with van der Waals surface area (Å²) in [6, 6.07) is 14.3. The zero-order valence-corrected chi connectivity index (χ0v) is 10.2. The summed E-state index contributed by atoms with van der Waals surface area (Å²) in [5, 5.41) is 12.1. The van der Waals surface area contributed by atoms with Crippen molar-refractivity contribution in [3.63, 3.8) is 0 Å². The number of benzene rings is 2. The van der Waals surface area contributed by atoms with Gasteiger partial charge in [-0.15, -0.1) is 0 Å². The van der Waals surface area contributed by atoms with Crippen LogP contribution in [0.15, 0.2) is 54.6 Å². The lowest BCUT2D eigenvalue weighted by atomic mass is 10.1. The van der Waals surface area contributed by atoms with Crippen LogP contribution in [0.25, 0.3) is 0 Å². The topological polar surface area (TPSA) is 49.3 Å². The Bertz CT molecular complexity index is 540. The largest absolute Gasteiger partial charge is 0.480 e. The van der Waals surface area contributed by atoms with Gasteiger partial charge in [0.25, 0.3) is 0 Å². The van der Waals surface area contributed by atoms with E-state index in [9.17, 15) is 14.3 Å². The van der Waals surface area contributed by atoms with Gasteiger partial charge in [-0.1, -0.05) is 30.3 Å². The first kappa shape index (κ1) is 13.1. The van der Waals surface area contributed by atoms with Gasteiger partial charge in [0.05, 0.1) is 0 Å². The van der Waals surface area contributed by atoms with Gasteiger partial charge in [0.15, 0.2) is 0 Å². The summed E-state index contributed by atoms with van der Waals surface area (Å²) < 4.78 is 12.8. The summed E-state index contributed by atoms with van der Waals surface area (Å²) in [5.41, 5.74) is 1.52. The number of hydrogen-bond acceptors (Lipinski definition) is 2. The third-order valence-corrected chi connectivity index (χ3v) is 2.77. The fraction of sp³-hybridized carbons (Fsp3) is 0.133. The van der Waals surface area contributed by atoms with Crippen molar-refractivity contribution >= 4 is 11.7 Å². The SMILES string of the molecule is O=C(O)[C@H](Cc1ccccc1)Nc1ccc(F)cc1. The van der Waals surface area contributed by atoms with Crippen LogP contribution < -0.4 is 5.32 Å². The molecule has 2 aromatic carbocycles. The number of carbonyl (C=O) groups is 1. The smallest absolute Gasteiger partial charge is 0.326 e. The molecular weight excluding hydrogens is 245 g/mol. The van der Waals surface area contributed by atoms with Crippen LogP contribution >= 0.6 is 0 Å². The molecule has 1 atom stereocenters. The number of carboxylic acid groups (broad SMARTS) is 1. The number of aliphatic carboxylic acids is 1. The molecule has 3 nitrogen and oxygen atoms in total. The van der Waals surface area contributed by atoms with Gasteiger partial charge in [0.2, 0.25) is 0 Å². The molecule has 0 bridgehead atoms. The van der Waals surface area contributed by atoms with Gasteiger partial charge in [0.1, 0.15) is 11.9 Å². The zero-order valence-electron chi connectivity index (χ0n) is 10.2. The highest BCUT2D eigenvalue weighted by Crippen LogP contribution is 2.12. The monoisotopic (exact) mass is 259 g/mol. The highest BCUT2D eigenvalue weighted by atomic mass is 19.1. The molecule has 0 aliphatic heterocycles. The van der Waals surface area contributed by atoms with Crippen molar-refractivity contribution in [2.24, 2.45) is 0 Å². The first-order chi connectivity index (χ1) is 9.15. The molecule has 0 unspecified atom stereocenters. The van der Waals surface area contributed by atoms with Gasteiger partial charge in [-0.05, 0) is 29.8 Å². The van der Waals surface area contributed by atoms with Crippen molar-refractivity contribution in [1.29, 1.82) is 0 Å². The van der Waals surface area contributed by atoms with Gasteiger partial charge >= 0.3 is 5.97 Å². The molecule has 2 aromatic rings. The average Bonchev–Trinajstić information content (AvgIpc) is 2.41. The number of halogens is 1. The van der Waals surface area contributed by atoms with E-state index in [2.05, 4.69) is 5.32 Å². The Labute approximate surface area is 110 Å². The number of nitrogens with one attached hydrogen (secondary N) is 1. The number of hydrogen-bond donors (Lipinski definition) is 2. The van der Waals surface area contributed by atoms with Crippen LogP contribution in [0.5, 0.6) is 0 Å². The van der Waals surface area contributed by atoms with Crippen LogP contribution in [0, 0.1) is 5.82 Å². The van der Waals surface area contributed by atoms with Gasteiger partial charge in [-0.3, -0.25) is 0 Å². The lowest BCUT2D eigenvalue weighted by molar-refractivity contribution is -0.137. The molecule has 0 saturated carbocycles. The minimum absolute atomic E-state index is 0.347. The van der Waals surface area contributed by atoms with E-state index < -0.39 is 12.0 Å². The maximum atomic E-state index is 12.8. The maximum absolute atomic E-state index is 12.8. The minimum atomic E-state index is -0.937. The Balaban J connectivity index is 2.08. The minimum Gasteiger partial charge on any atom is -0.480 e. The van der Waals surface area contributed by atoms with E-state index in [-0.39, 0.29) is 5.82 Å². The predicted octanol–water partition coefficient (Wildman–Crippen LogP) is 2.93. The van der Waals surface area contributed by atoms with Crippen molar-refractivity contribution in [2.75, 3.05) is 5.32 Å². The molecule has 2 N–H and O–H groups in total. The maximum Gasteiger partial charge on any atom is 0.326 e. The Morgan fingerprint density at radius 3 is 2.32 bits per heavy atom. The van der Waals surface area contributed by atoms with Crippen molar-refractivity contribution in [3.05, 3.63) is 66.0 Å². The van der Waals surface area contributed by atoms with E-state index in [4.69, 9.17) is 0 Å². The van der Waals surface area contributed by atoms with E-state index in [0.717, 1.165) is 5.56 Å². The molecule has 0 aliphatic carbocycles. The third kappa shape index (κ3) is 3.81. The van der Waals surface area contributed by atoms with Gasteiger partial charge < -0.3 is 10.4 Å². The summed E-state index contributed by atoms with van der Waals surface area (Å²) in [6.45, 7) is 0. The molecule has 0 amide bonds. The Morgan fingerprint density at radius 2 is 1.74 bits per heavy atom. The lowest BCUT2D eigenvalue weighted by Gasteiger charge is -2.15. The fourth-order valence-electron chi connectivity index (χ4n) is 1.80. The first-order valence-corrected chi connectivity index (χ1v) is 5.94. The Morgan fingerprint density at radius 1 is 1.11 bits per heavy atom. The molecule has 19 heavy (non-hydrogen) atoms. The van der Waals surface area contributed by atoms with E-state index in [0.29, 0.717) is 12.1 Å². The lowest BCUT2D eigenvalue weighted by Crippen LogP contribution is -2.31. The van der Waals surface area contributed by atoms with Crippen molar-refractivity contribution in [2.45, 2.75) is 12.5 Å². The summed E-state index contributed by atoms with van der Waals surface area (Å²) >= 11 is 0. The Kier molecular flexibility index (Phi) is 4.13.